The summed E-state index contributed by atoms with van der Waals surface area (Å²) in [6, 6.07) is 12.4. The molecule has 0 heterocycles. The highest BCUT2D eigenvalue weighted by Gasteiger charge is 2.07. The minimum Gasteiger partial charge on any atom is -0.495 e. The largest absolute Gasteiger partial charge is 0.495 e. The Morgan fingerprint density at radius 2 is 1.95 bits per heavy atom. The Kier molecular flexibility index (Phi) is 3.79. The van der Waals surface area contributed by atoms with E-state index in [1.54, 1.807) is 43.5 Å². The van der Waals surface area contributed by atoms with Gasteiger partial charge in [0, 0.05) is 11.1 Å². The first-order valence-corrected chi connectivity index (χ1v) is 5.92. The van der Waals surface area contributed by atoms with Gasteiger partial charge >= 0.3 is 0 Å². The minimum absolute atomic E-state index is 0.534. The van der Waals surface area contributed by atoms with Gasteiger partial charge in [0.25, 0.3) is 0 Å². The second kappa shape index (κ2) is 5.51. The van der Waals surface area contributed by atoms with Crippen LogP contribution in [0.4, 0.5) is 17.1 Å². The van der Waals surface area contributed by atoms with Gasteiger partial charge in [-0.05, 0) is 30.3 Å². The van der Waals surface area contributed by atoms with E-state index in [0.717, 1.165) is 11.4 Å². The maximum absolute atomic E-state index is 8.85. The van der Waals surface area contributed by atoms with Crippen molar-refractivity contribution in [2.75, 3.05) is 18.2 Å². The molecule has 0 atom stereocenters. The molecule has 0 radical (unpaired) electrons. The fourth-order valence-corrected chi connectivity index (χ4v) is 1.84. The molecule has 0 amide bonds. The summed E-state index contributed by atoms with van der Waals surface area (Å²) < 4.78 is 5.24. The van der Waals surface area contributed by atoms with Crippen LogP contribution in [0.5, 0.6) is 5.75 Å². The fraction of sp³-hybridized carbons (Fsp3) is 0.0714. The van der Waals surface area contributed by atoms with Gasteiger partial charge in [-0.15, -0.1) is 0 Å². The molecule has 0 fully saturated rings. The van der Waals surface area contributed by atoms with Crippen LogP contribution in [-0.4, -0.2) is 7.11 Å². The monoisotopic (exact) mass is 273 g/mol. The van der Waals surface area contributed by atoms with Crippen LogP contribution in [0.3, 0.4) is 0 Å². The van der Waals surface area contributed by atoms with Crippen LogP contribution in [-0.2, 0) is 0 Å². The molecule has 0 saturated heterocycles. The zero-order valence-corrected chi connectivity index (χ0v) is 11.0. The number of nitrogen functional groups attached to an aromatic ring is 1. The molecule has 5 heteroatoms. The van der Waals surface area contributed by atoms with Gasteiger partial charge in [-0.1, -0.05) is 11.6 Å². The summed E-state index contributed by atoms with van der Waals surface area (Å²) in [4.78, 5) is 0. The zero-order valence-electron chi connectivity index (χ0n) is 10.3. The van der Waals surface area contributed by atoms with E-state index in [1.165, 1.54) is 0 Å². The number of nitrogens with two attached hydrogens (primary N) is 1. The smallest absolute Gasteiger partial charge is 0.143 e. The summed E-state index contributed by atoms with van der Waals surface area (Å²) in [6.07, 6.45) is 0. The van der Waals surface area contributed by atoms with Crippen LogP contribution >= 0.6 is 11.6 Å². The Labute approximate surface area is 116 Å². The second-order valence-electron chi connectivity index (χ2n) is 3.88. The fourth-order valence-electron chi connectivity index (χ4n) is 1.66. The molecule has 0 aliphatic carbocycles. The third-order valence-corrected chi connectivity index (χ3v) is 2.85. The average molecular weight is 274 g/mol. The number of anilines is 3. The summed E-state index contributed by atoms with van der Waals surface area (Å²) in [5.41, 5.74) is 8.41. The van der Waals surface area contributed by atoms with Gasteiger partial charge in [-0.2, -0.15) is 5.26 Å². The van der Waals surface area contributed by atoms with Crippen molar-refractivity contribution in [1.82, 2.24) is 0 Å². The molecule has 19 heavy (non-hydrogen) atoms. The van der Waals surface area contributed by atoms with E-state index in [-0.39, 0.29) is 0 Å². The molecule has 0 spiro atoms. The van der Waals surface area contributed by atoms with E-state index in [9.17, 15) is 0 Å². The van der Waals surface area contributed by atoms with Crippen molar-refractivity contribution in [3.8, 4) is 11.8 Å². The quantitative estimate of drug-likeness (QED) is 0.839. The molecular formula is C14H12ClN3O. The van der Waals surface area contributed by atoms with Crippen LogP contribution in [0.2, 0.25) is 5.02 Å². The topological polar surface area (TPSA) is 71.1 Å². The SMILES string of the molecule is COc1cc(C#N)ccc1Nc1ccc(Cl)cc1N. The van der Waals surface area contributed by atoms with E-state index >= 15 is 0 Å². The van der Waals surface area contributed by atoms with Crippen molar-refractivity contribution >= 4 is 28.7 Å². The molecular weight excluding hydrogens is 262 g/mol. The van der Waals surface area contributed by atoms with E-state index in [1.807, 2.05) is 0 Å². The van der Waals surface area contributed by atoms with Gasteiger partial charge < -0.3 is 15.8 Å². The number of rotatable bonds is 3. The number of ether oxygens (including phenoxy) is 1. The summed E-state index contributed by atoms with van der Waals surface area (Å²) in [5.74, 6) is 0.577. The van der Waals surface area contributed by atoms with Crippen molar-refractivity contribution in [2.24, 2.45) is 0 Å². The van der Waals surface area contributed by atoms with Crippen LogP contribution in [0, 0.1) is 11.3 Å². The molecule has 0 aliphatic rings. The van der Waals surface area contributed by atoms with Gasteiger partial charge in [0.05, 0.1) is 35.8 Å². The number of nitrogens with one attached hydrogen (secondary N) is 1. The van der Waals surface area contributed by atoms with Gasteiger partial charge in [-0.25, -0.2) is 0 Å². The zero-order chi connectivity index (χ0) is 13.8. The normalized spacial score (nSPS) is 9.74. The first-order valence-electron chi connectivity index (χ1n) is 5.54. The average Bonchev–Trinajstić information content (AvgIpc) is 2.42. The lowest BCUT2D eigenvalue weighted by Gasteiger charge is -2.13. The molecule has 0 bridgehead atoms. The summed E-state index contributed by atoms with van der Waals surface area (Å²) in [6.45, 7) is 0. The van der Waals surface area contributed by atoms with Crippen molar-refractivity contribution in [3.05, 3.63) is 47.0 Å². The van der Waals surface area contributed by atoms with Crippen LogP contribution in [0.25, 0.3) is 0 Å². The molecule has 4 nitrogen and oxygen atoms in total. The first-order chi connectivity index (χ1) is 9.13. The van der Waals surface area contributed by atoms with Gasteiger partial charge in [0.2, 0.25) is 0 Å². The molecule has 0 unspecified atom stereocenters. The lowest BCUT2D eigenvalue weighted by atomic mass is 10.2. The lowest BCUT2D eigenvalue weighted by Crippen LogP contribution is -1.98. The number of hydrogen-bond donors (Lipinski definition) is 2. The van der Waals surface area contributed by atoms with Gasteiger partial charge in [-0.3, -0.25) is 0 Å². The Hall–Kier alpha value is -2.38. The Bertz CT molecular complexity index is 650. The van der Waals surface area contributed by atoms with Crippen molar-refractivity contribution in [2.45, 2.75) is 0 Å². The highest BCUT2D eigenvalue weighted by atomic mass is 35.5. The molecule has 2 rings (SSSR count). The Balaban J connectivity index is 2.35. The highest BCUT2D eigenvalue weighted by Crippen LogP contribution is 2.31. The molecule has 0 aromatic heterocycles. The minimum atomic E-state index is 0.534. The number of methoxy groups -OCH3 is 1. The molecule has 2 aromatic carbocycles. The van der Waals surface area contributed by atoms with Gasteiger partial charge in [0.15, 0.2) is 0 Å². The molecule has 0 aliphatic heterocycles. The molecule has 2 aromatic rings. The Morgan fingerprint density at radius 1 is 1.21 bits per heavy atom. The number of halogens is 1. The predicted octanol–water partition coefficient (Wildman–Crippen LogP) is 3.55. The maximum Gasteiger partial charge on any atom is 0.143 e. The third-order valence-electron chi connectivity index (χ3n) is 2.61. The van der Waals surface area contributed by atoms with Crippen molar-refractivity contribution < 1.29 is 4.74 Å². The van der Waals surface area contributed by atoms with E-state index in [4.69, 9.17) is 27.3 Å². The predicted molar refractivity (Wildman–Crippen MR) is 76.9 cm³/mol. The third kappa shape index (κ3) is 2.90. The Morgan fingerprint density at radius 3 is 2.58 bits per heavy atom. The molecule has 96 valence electrons. The van der Waals surface area contributed by atoms with E-state index in [0.29, 0.717) is 22.0 Å². The van der Waals surface area contributed by atoms with E-state index in [2.05, 4.69) is 11.4 Å². The summed E-state index contributed by atoms with van der Waals surface area (Å²) in [5, 5.41) is 12.6. The number of nitrogens with zero attached hydrogens (tertiary/aromatic N) is 1. The molecule has 3 N–H and O–H groups in total. The lowest BCUT2D eigenvalue weighted by molar-refractivity contribution is 0.416. The van der Waals surface area contributed by atoms with E-state index < -0.39 is 0 Å². The molecule has 0 saturated carbocycles. The first kappa shape index (κ1) is 13.1. The highest BCUT2D eigenvalue weighted by molar-refractivity contribution is 6.31. The van der Waals surface area contributed by atoms with Crippen LogP contribution in [0.1, 0.15) is 5.56 Å². The summed E-state index contributed by atoms with van der Waals surface area (Å²) in [7, 11) is 1.55. The standard InChI is InChI=1S/C14H12ClN3O/c1-19-14-6-9(8-16)2-4-13(14)18-12-5-3-10(15)7-11(12)17/h2-7,18H,17H2,1H3. The number of hydrogen-bond acceptors (Lipinski definition) is 4. The van der Waals surface area contributed by atoms with Crippen molar-refractivity contribution in [1.29, 1.82) is 5.26 Å². The maximum atomic E-state index is 8.85. The number of nitriles is 1. The second-order valence-corrected chi connectivity index (χ2v) is 4.32. The van der Waals surface area contributed by atoms with Crippen LogP contribution < -0.4 is 15.8 Å². The van der Waals surface area contributed by atoms with Gasteiger partial charge in [0.1, 0.15) is 5.75 Å². The number of benzene rings is 2. The summed E-state index contributed by atoms with van der Waals surface area (Å²) >= 11 is 5.85. The van der Waals surface area contributed by atoms with Crippen LogP contribution in [0.15, 0.2) is 36.4 Å². The van der Waals surface area contributed by atoms with Crippen molar-refractivity contribution in [3.63, 3.8) is 0 Å².